The molecule has 0 bridgehead atoms. The van der Waals surface area contributed by atoms with E-state index in [1.54, 1.807) is 29.5 Å². The number of hydrogen-bond acceptors (Lipinski definition) is 4. The van der Waals surface area contributed by atoms with Crippen molar-refractivity contribution < 1.29 is 9.18 Å². The van der Waals surface area contributed by atoms with Crippen LogP contribution in [-0.2, 0) is 4.79 Å². The van der Waals surface area contributed by atoms with Crippen molar-refractivity contribution in [2.24, 2.45) is 0 Å². The SMILES string of the molecule is O=C(CCSc1ccccc1F)Nc1ccc(-c2cn3ccsc3n2)cc1. The molecule has 1 amide bonds. The van der Waals surface area contributed by atoms with Gasteiger partial charge in [-0.1, -0.05) is 24.3 Å². The highest BCUT2D eigenvalue weighted by Crippen LogP contribution is 2.24. The maximum Gasteiger partial charge on any atom is 0.225 e. The highest BCUT2D eigenvalue weighted by Gasteiger charge is 2.08. The molecule has 2 heterocycles. The Labute approximate surface area is 164 Å². The van der Waals surface area contributed by atoms with E-state index in [1.165, 1.54) is 17.8 Å². The van der Waals surface area contributed by atoms with Gasteiger partial charge in [-0.3, -0.25) is 9.20 Å². The second kappa shape index (κ2) is 7.94. The van der Waals surface area contributed by atoms with E-state index in [2.05, 4.69) is 10.3 Å². The molecule has 27 heavy (non-hydrogen) atoms. The van der Waals surface area contributed by atoms with Crippen LogP contribution in [0.4, 0.5) is 10.1 Å². The highest BCUT2D eigenvalue weighted by atomic mass is 32.2. The molecular formula is C20H16FN3OS2. The fourth-order valence-corrected chi connectivity index (χ4v) is 4.22. The Kier molecular flexibility index (Phi) is 5.22. The van der Waals surface area contributed by atoms with Crippen molar-refractivity contribution in [2.45, 2.75) is 11.3 Å². The predicted molar refractivity (Wildman–Crippen MR) is 109 cm³/mol. The fraction of sp³-hybridized carbons (Fsp3) is 0.100. The van der Waals surface area contributed by atoms with Crippen LogP contribution in [0.2, 0.25) is 0 Å². The van der Waals surface area contributed by atoms with Gasteiger partial charge in [-0.15, -0.1) is 23.1 Å². The number of nitrogens with zero attached hydrogens (tertiary/aromatic N) is 2. The van der Waals surface area contributed by atoms with Crippen LogP contribution in [0, 0.1) is 5.82 Å². The topological polar surface area (TPSA) is 46.4 Å². The van der Waals surface area contributed by atoms with Crippen LogP contribution in [0.15, 0.2) is 71.2 Å². The zero-order chi connectivity index (χ0) is 18.6. The third-order valence-electron chi connectivity index (χ3n) is 3.98. The van der Waals surface area contributed by atoms with E-state index in [0.717, 1.165) is 21.9 Å². The normalized spacial score (nSPS) is 11.0. The molecule has 4 aromatic rings. The molecule has 4 nitrogen and oxygen atoms in total. The van der Waals surface area contributed by atoms with Crippen LogP contribution in [0.3, 0.4) is 0 Å². The number of aromatic nitrogens is 2. The summed E-state index contributed by atoms with van der Waals surface area (Å²) >= 11 is 2.93. The Morgan fingerprint density at radius 2 is 2.00 bits per heavy atom. The number of rotatable bonds is 6. The number of fused-ring (bicyclic) bond motifs is 1. The van der Waals surface area contributed by atoms with E-state index in [-0.39, 0.29) is 11.7 Å². The molecule has 4 rings (SSSR count). The molecule has 0 aliphatic heterocycles. The van der Waals surface area contributed by atoms with Gasteiger partial charge in [0.1, 0.15) is 5.82 Å². The van der Waals surface area contributed by atoms with Crippen molar-refractivity contribution in [3.05, 3.63) is 72.1 Å². The molecule has 0 aliphatic rings. The zero-order valence-electron chi connectivity index (χ0n) is 14.3. The lowest BCUT2D eigenvalue weighted by Gasteiger charge is -2.06. The van der Waals surface area contributed by atoms with E-state index >= 15 is 0 Å². The van der Waals surface area contributed by atoms with Gasteiger partial charge in [0.25, 0.3) is 0 Å². The molecule has 0 unspecified atom stereocenters. The second-order valence-electron chi connectivity index (χ2n) is 5.87. The number of carbonyl (C=O) groups is 1. The number of hydrogen-bond donors (Lipinski definition) is 1. The minimum absolute atomic E-state index is 0.0888. The van der Waals surface area contributed by atoms with E-state index in [1.807, 2.05) is 46.4 Å². The van der Waals surface area contributed by atoms with E-state index in [4.69, 9.17) is 0 Å². The molecule has 0 spiro atoms. The molecular weight excluding hydrogens is 381 g/mol. The van der Waals surface area contributed by atoms with Gasteiger partial charge in [0, 0.05) is 46.1 Å². The first-order valence-corrected chi connectivity index (χ1v) is 10.3. The van der Waals surface area contributed by atoms with Crippen molar-refractivity contribution >= 4 is 39.7 Å². The van der Waals surface area contributed by atoms with Crippen molar-refractivity contribution in [3.8, 4) is 11.3 Å². The first-order valence-electron chi connectivity index (χ1n) is 8.39. The summed E-state index contributed by atoms with van der Waals surface area (Å²) in [5, 5.41) is 4.87. The molecule has 1 N–H and O–H groups in total. The summed E-state index contributed by atoms with van der Waals surface area (Å²) in [5.41, 5.74) is 2.64. The minimum atomic E-state index is -0.252. The van der Waals surface area contributed by atoms with E-state index in [0.29, 0.717) is 17.1 Å². The standard InChI is InChI=1S/C20H16FN3OS2/c21-16-3-1-2-4-18(16)26-11-9-19(25)22-15-7-5-14(6-8-15)17-13-24-10-12-27-20(24)23-17/h1-8,10,12-13H,9,11H2,(H,22,25). The summed E-state index contributed by atoms with van der Waals surface area (Å²) < 4.78 is 15.5. The van der Waals surface area contributed by atoms with Crippen LogP contribution in [-0.4, -0.2) is 21.0 Å². The lowest BCUT2D eigenvalue weighted by Crippen LogP contribution is -2.12. The Morgan fingerprint density at radius 3 is 2.78 bits per heavy atom. The number of halogens is 1. The van der Waals surface area contributed by atoms with Gasteiger partial charge in [-0.05, 0) is 24.3 Å². The number of amides is 1. The molecule has 0 atom stereocenters. The fourth-order valence-electron chi connectivity index (χ4n) is 2.63. The Morgan fingerprint density at radius 1 is 1.19 bits per heavy atom. The van der Waals surface area contributed by atoms with Crippen molar-refractivity contribution in [1.82, 2.24) is 9.38 Å². The van der Waals surface area contributed by atoms with Gasteiger partial charge in [-0.25, -0.2) is 9.37 Å². The number of anilines is 1. The number of benzene rings is 2. The molecule has 0 radical (unpaired) electrons. The maximum absolute atomic E-state index is 13.6. The Balaban J connectivity index is 1.32. The smallest absolute Gasteiger partial charge is 0.225 e. The lowest BCUT2D eigenvalue weighted by molar-refractivity contribution is -0.115. The number of thioether (sulfide) groups is 1. The Bertz CT molecular complexity index is 1040. The average molecular weight is 398 g/mol. The summed E-state index contributed by atoms with van der Waals surface area (Å²) in [6.07, 6.45) is 4.28. The largest absolute Gasteiger partial charge is 0.326 e. The molecule has 0 saturated heterocycles. The third-order valence-corrected chi connectivity index (χ3v) is 5.80. The van der Waals surface area contributed by atoms with Gasteiger partial charge in [0.15, 0.2) is 4.96 Å². The number of imidazole rings is 1. The number of thiazole rings is 1. The predicted octanol–water partition coefficient (Wildman–Crippen LogP) is 5.32. The molecule has 0 fully saturated rings. The third kappa shape index (κ3) is 4.20. The molecule has 7 heteroatoms. The van der Waals surface area contributed by atoms with Gasteiger partial charge in [0.2, 0.25) is 5.91 Å². The number of nitrogens with one attached hydrogen (secondary N) is 1. The van der Waals surface area contributed by atoms with Gasteiger partial charge < -0.3 is 5.32 Å². The van der Waals surface area contributed by atoms with Crippen molar-refractivity contribution in [1.29, 1.82) is 0 Å². The summed E-state index contributed by atoms with van der Waals surface area (Å²) in [6, 6.07) is 14.2. The summed E-state index contributed by atoms with van der Waals surface area (Å²) in [6.45, 7) is 0. The highest BCUT2D eigenvalue weighted by molar-refractivity contribution is 7.99. The Hall–Kier alpha value is -2.64. The first kappa shape index (κ1) is 17.8. The van der Waals surface area contributed by atoms with Crippen molar-refractivity contribution in [2.75, 3.05) is 11.1 Å². The maximum atomic E-state index is 13.6. The first-order chi connectivity index (χ1) is 13.2. The van der Waals surface area contributed by atoms with E-state index < -0.39 is 0 Å². The summed E-state index contributed by atoms with van der Waals surface area (Å²) in [5.74, 6) is 0.183. The average Bonchev–Trinajstić information content (AvgIpc) is 3.26. The van der Waals surface area contributed by atoms with Crippen LogP contribution in [0.1, 0.15) is 6.42 Å². The molecule has 2 aromatic carbocycles. The van der Waals surface area contributed by atoms with E-state index in [9.17, 15) is 9.18 Å². The van der Waals surface area contributed by atoms with Gasteiger partial charge in [0.05, 0.1) is 5.69 Å². The lowest BCUT2D eigenvalue weighted by atomic mass is 10.1. The minimum Gasteiger partial charge on any atom is -0.326 e. The quantitative estimate of drug-likeness (QED) is 0.448. The van der Waals surface area contributed by atoms with Crippen molar-refractivity contribution in [3.63, 3.8) is 0 Å². The monoisotopic (exact) mass is 397 g/mol. The van der Waals surface area contributed by atoms with Gasteiger partial charge >= 0.3 is 0 Å². The zero-order valence-corrected chi connectivity index (χ0v) is 15.9. The summed E-state index contributed by atoms with van der Waals surface area (Å²) in [4.78, 5) is 18.2. The molecule has 0 saturated carbocycles. The summed E-state index contributed by atoms with van der Waals surface area (Å²) in [7, 11) is 0. The van der Waals surface area contributed by atoms with Gasteiger partial charge in [-0.2, -0.15) is 0 Å². The molecule has 2 aromatic heterocycles. The van der Waals surface area contributed by atoms with Crippen LogP contribution in [0.25, 0.3) is 16.2 Å². The number of carbonyl (C=O) groups excluding carboxylic acids is 1. The van der Waals surface area contributed by atoms with Crippen LogP contribution < -0.4 is 5.32 Å². The van der Waals surface area contributed by atoms with Crippen LogP contribution in [0.5, 0.6) is 0 Å². The molecule has 136 valence electrons. The second-order valence-corrected chi connectivity index (χ2v) is 7.88. The molecule has 0 aliphatic carbocycles. The van der Waals surface area contributed by atoms with Crippen LogP contribution >= 0.6 is 23.1 Å².